The highest BCUT2D eigenvalue weighted by atomic mass is 32.2. The van der Waals surface area contributed by atoms with Crippen LogP contribution < -0.4 is 5.32 Å². The zero-order valence-corrected chi connectivity index (χ0v) is 13.1. The molecule has 1 fully saturated rings. The minimum atomic E-state index is -3.44. The Hall–Kier alpha value is -0.920. The Bertz CT molecular complexity index is 520. The van der Waals surface area contributed by atoms with Gasteiger partial charge in [0.2, 0.25) is 0 Å². The summed E-state index contributed by atoms with van der Waals surface area (Å²) in [5, 5.41) is 7.72. The van der Waals surface area contributed by atoms with Crippen molar-refractivity contribution in [3.8, 4) is 0 Å². The van der Waals surface area contributed by atoms with Crippen LogP contribution in [0.1, 0.15) is 26.2 Å². The highest BCUT2D eigenvalue weighted by Crippen LogP contribution is 2.18. The van der Waals surface area contributed by atoms with Gasteiger partial charge in [-0.05, 0) is 44.3 Å². The number of aromatic nitrogens is 2. The van der Waals surface area contributed by atoms with Crippen LogP contribution in [0.5, 0.6) is 0 Å². The second-order valence-corrected chi connectivity index (χ2v) is 7.38. The molecule has 1 aliphatic heterocycles. The van der Waals surface area contributed by atoms with Crippen LogP contribution in [0.3, 0.4) is 0 Å². The number of sulfonamides is 1. The molecule has 114 valence electrons. The third-order valence-corrected chi connectivity index (χ3v) is 5.55. The van der Waals surface area contributed by atoms with Crippen LogP contribution in [-0.2, 0) is 16.6 Å². The lowest BCUT2D eigenvalue weighted by molar-refractivity contribution is 0.313. The maximum atomic E-state index is 12.6. The molecule has 0 aliphatic carbocycles. The van der Waals surface area contributed by atoms with E-state index in [9.17, 15) is 8.42 Å². The summed E-state index contributed by atoms with van der Waals surface area (Å²) in [6, 6.07) is 1.58. The first-order valence-electron chi connectivity index (χ1n) is 7.24. The topological polar surface area (TPSA) is 67.2 Å². The fourth-order valence-electron chi connectivity index (χ4n) is 2.62. The maximum Gasteiger partial charge on any atom is 0.259 e. The van der Waals surface area contributed by atoms with Crippen molar-refractivity contribution in [2.75, 3.05) is 26.7 Å². The molecule has 2 heterocycles. The van der Waals surface area contributed by atoms with E-state index in [1.54, 1.807) is 24.0 Å². The third-order valence-electron chi connectivity index (χ3n) is 3.70. The van der Waals surface area contributed by atoms with Crippen molar-refractivity contribution in [3.63, 3.8) is 0 Å². The Morgan fingerprint density at radius 2 is 2.35 bits per heavy atom. The van der Waals surface area contributed by atoms with Crippen molar-refractivity contribution in [3.05, 3.63) is 12.3 Å². The van der Waals surface area contributed by atoms with Gasteiger partial charge in [0, 0.05) is 20.1 Å². The Labute approximate surface area is 121 Å². The predicted molar refractivity (Wildman–Crippen MR) is 77.9 cm³/mol. The van der Waals surface area contributed by atoms with Crippen LogP contribution in [0.25, 0.3) is 0 Å². The van der Waals surface area contributed by atoms with Crippen LogP contribution in [0.15, 0.2) is 17.3 Å². The van der Waals surface area contributed by atoms with E-state index in [4.69, 9.17) is 0 Å². The first-order valence-corrected chi connectivity index (χ1v) is 8.68. The molecule has 20 heavy (non-hydrogen) atoms. The lowest BCUT2D eigenvalue weighted by Crippen LogP contribution is -2.39. The Kier molecular flexibility index (Phi) is 5.17. The van der Waals surface area contributed by atoms with Gasteiger partial charge in [0.1, 0.15) is 0 Å². The quantitative estimate of drug-likeness (QED) is 0.848. The summed E-state index contributed by atoms with van der Waals surface area (Å²) in [5.74, 6) is 0.395. The SMILES string of the molecule is CCCn1nccc1S(=O)(=O)N(C)C[C@H]1CCCNC1. The standard InChI is InChI=1S/C13H24N4O2S/c1-3-9-17-13(6-8-15-17)20(18,19)16(2)11-12-5-4-7-14-10-12/h6,8,12,14H,3-5,7,9-11H2,1-2H3/t12-/m0/s1. The molecular formula is C13H24N4O2S. The van der Waals surface area contributed by atoms with Crippen LogP contribution in [0, 0.1) is 5.92 Å². The van der Waals surface area contributed by atoms with Crippen molar-refractivity contribution >= 4 is 10.0 Å². The van der Waals surface area contributed by atoms with Crippen molar-refractivity contribution < 1.29 is 8.42 Å². The van der Waals surface area contributed by atoms with Crippen LogP contribution in [0.4, 0.5) is 0 Å². The smallest absolute Gasteiger partial charge is 0.259 e. The molecule has 1 atom stereocenters. The van der Waals surface area contributed by atoms with E-state index in [0.29, 0.717) is 24.0 Å². The zero-order valence-electron chi connectivity index (χ0n) is 12.2. The van der Waals surface area contributed by atoms with Gasteiger partial charge in [0.25, 0.3) is 10.0 Å². The Morgan fingerprint density at radius 1 is 1.55 bits per heavy atom. The minimum Gasteiger partial charge on any atom is -0.316 e. The van der Waals surface area contributed by atoms with Gasteiger partial charge in [-0.25, -0.2) is 8.42 Å². The van der Waals surface area contributed by atoms with Gasteiger partial charge in [-0.1, -0.05) is 6.92 Å². The molecule has 0 unspecified atom stereocenters. The molecule has 0 aromatic carbocycles. The van der Waals surface area contributed by atoms with E-state index >= 15 is 0 Å². The van der Waals surface area contributed by atoms with E-state index in [1.165, 1.54) is 4.31 Å². The predicted octanol–water partition coefficient (Wildman–Crippen LogP) is 0.913. The van der Waals surface area contributed by atoms with E-state index in [0.717, 1.165) is 32.4 Å². The van der Waals surface area contributed by atoms with Crippen molar-refractivity contribution in [2.24, 2.45) is 5.92 Å². The number of aryl methyl sites for hydroxylation is 1. The molecule has 0 spiro atoms. The summed E-state index contributed by atoms with van der Waals surface area (Å²) in [6.45, 7) is 5.13. The summed E-state index contributed by atoms with van der Waals surface area (Å²) in [6.07, 6.45) is 4.62. The molecule has 1 N–H and O–H groups in total. The largest absolute Gasteiger partial charge is 0.316 e. The fourth-order valence-corrected chi connectivity index (χ4v) is 3.98. The van der Waals surface area contributed by atoms with Crippen LogP contribution >= 0.6 is 0 Å². The lowest BCUT2D eigenvalue weighted by Gasteiger charge is -2.27. The van der Waals surface area contributed by atoms with Crippen LogP contribution in [-0.4, -0.2) is 49.2 Å². The van der Waals surface area contributed by atoms with Gasteiger partial charge in [0.05, 0.1) is 6.20 Å². The molecule has 0 bridgehead atoms. The summed E-state index contributed by atoms with van der Waals surface area (Å²) in [5.41, 5.74) is 0. The maximum absolute atomic E-state index is 12.6. The summed E-state index contributed by atoms with van der Waals surface area (Å²) < 4.78 is 28.3. The molecule has 1 aromatic heterocycles. The Balaban J connectivity index is 2.10. The van der Waals surface area contributed by atoms with Crippen molar-refractivity contribution in [2.45, 2.75) is 37.8 Å². The molecule has 0 radical (unpaired) electrons. The minimum absolute atomic E-state index is 0.297. The van der Waals surface area contributed by atoms with E-state index < -0.39 is 10.0 Å². The molecule has 1 aliphatic rings. The number of nitrogens with zero attached hydrogens (tertiary/aromatic N) is 3. The molecular weight excluding hydrogens is 276 g/mol. The fraction of sp³-hybridized carbons (Fsp3) is 0.769. The third kappa shape index (κ3) is 3.39. The monoisotopic (exact) mass is 300 g/mol. The number of hydrogen-bond donors (Lipinski definition) is 1. The highest BCUT2D eigenvalue weighted by molar-refractivity contribution is 7.89. The lowest BCUT2D eigenvalue weighted by atomic mass is 10.00. The first kappa shape index (κ1) is 15.5. The molecule has 1 aromatic rings. The van der Waals surface area contributed by atoms with Gasteiger partial charge in [-0.15, -0.1) is 0 Å². The molecule has 1 saturated heterocycles. The molecule has 6 nitrogen and oxygen atoms in total. The second kappa shape index (κ2) is 6.69. The Morgan fingerprint density at radius 3 is 3.00 bits per heavy atom. The molecule has 0 amide bonds. The zero-order chi connectivity index (χ0) is 14.6. The van der Waals surface area contributed by atoms with E-state index in [-0.39, 0.29) is 0 Å². The van der Waals surface area contributed by atoms with Crippen molar-refractivity contribution in [1.82, 2.24) is 19.4 Å². The van der Waals surface area contributed by atoms with Gasteiger partial charge < -0.3 is 5.32 Å². The number of hydrogen-bond acceptors (Lipinski definition) is 4. The number of nitrogens with one attached hydrogen (secondary N) is 1. The second-order valence-electron chi connectivity index (χ2n) is 5.39. The molecule has 7 heteroatoms. The summed E-state index contributed by atoms with van der Waals surface area (Å²) in [7, 11) is -1.78. The van der Waals surface area contributed by atoms with Gasteiger partial charge in [0.15, 0.2) is 5.03 Å². The highest BCUT2D eigenvalue weighted by Gasteiger charge is 2.27. The average Bonchev–Trinajstić information content (AvgIpc) is 2.89. The normalized spacial score (nSPS) is 20.4. The van der Waals surface area contributed by atoms with E-state index in [1.807, 2.05) is 6.92 Å². The molecule has 0 saturated carbocycles. The molecule has 2 rings (SSSR count). The van der Waals surface area contributed by atoms with Gasteiger partial charge >= 0.3 is 0 Å². The van der Waals surface area contributed by atoms with Gasteiger partial charge in [-0.3, -0.25) is 4.68 Å². The summed E-state index contributed by atoms with van der Waals surface area (Å²) in [4.78, 5) is 0. The van der Waals surface area contributed by atoms with Crippen molar-refractivity contribution in [1.29, 1.82) is 0 Å². The first-order chi connectivity index (χ1) is 9.55. The number of rotatable bonds is 6. The van der Waals surface area contributed by atoms with E-state index in [2.05, 4.69) is 10.4 Å². The van der Waals surface area contributed by atoms with Gasteiger partial charge in [-0.2, -0.15) is 9.40 Å². The average molecular weight is 300 g/mol. The summed E-state index contributed by atoms with van der Waals surface area (Å²) >= 11 is 0. The van der Waals surface area contributed by atoms with Crippen LogP contribution in [0.2, 0.25) is 0 Å². The number of piperidine rings is 1.